The van der Waals surface area contributed by atoms with Crippen molar-refractivity contribution in [3.05, 3.63) is 45.2 Å². The van der Waals surface area contributed by atoms with E-state index < -0.39 is 0 Å². The van der Waals surface area contributed by atoms with E-state index in [4.69, 9.17) is 12.2 Å². The van der Waals surface area contributed by atoms with Gasteiger partial charge in [-0.2, -0.15) is 0 Å². The lowest BCUT2D eigenvalue weighted by Crippen LogP contribution is -2.43. The Kier molecular flexibility index (Phi) is 8.61. The van der Waals surface area contributed by atoms with Crippen molar-refractivity contribution >= 4 is 28.2 Å². The van der Waals surface area contributed by atoms with E-state index in [1.807, 2.05) is 27.1 Å². The first kappa shape index (κ1) is 23.3. The van der Waals surface area contributed by atoms with Crippen LogP contribution in [0, 0.1) is 13.8 Å². The maximum Gasteiger partial charge on any atom is 0.253 e. The van der Waals surface area contributed by atoms with Gasteiger partial charge in [0.05, 0.1) is 12.1 Å². The number of aryl methyl sites for hydroxylation is 2. The third-order valence-corrected chi connectivity index (χ3v) is 5.30. The summed E-state index contributed by atoms with van der Waals surface area (Å²) in [7, 11) is 8.22. The molecule has 29 heavy (non-hydrogen) atoms. The average Bonchev–Trinajstić information content (AvgIpc) is 2.62. The number of nitrogens with zero attached hydrogens (tertiary/aromatic N) is 3. The van der Waals surface area contributed by atoms with Gasteiger partial charge in [0.15, 0.2) is 5.11 Å². The number of aromatic amines is 1. The Balaban J connectivity index is 2.19. The second kappa shape index (κ2) is 10.7. The molecule has 0 saturated heterocycles. The standard InChI is InChI=1S/C22H35N5OS/c1-16-12-17(2)20-18(13-16)14-19(21(28)24-20)15-27(11-10-26(5)6)22(29)23-8-7-9-25(3)4/h12-14H,7-11,15H2,1-6H3,(H,23,29)(H,24,28). The molecule has 0 saturated carbocycles. The van der Waals surface area contributed by atoms with Crippen molar-refractivity contribution in [2.45, 2.75) is 26.8 Å². The van der Waals surface area contributed by atoms with Gasteiger partial charge in [-0.25, -0.2) is 0 Å². The van der Waals surface area contributed by atoms with Crippen molar-refractivity contribution < 1.29 is 0 Å². The number of nitrogens with one attached hydrogen (secondary N) is 2. The molecule has 0 fully saturated rings. The number of hydrogen-bond donors (Lipinski definition) is 2. The predicted molar refractivity (Wildman–Crippen MR) is 127 cm³/mol. The Morgan fingerprint density at radius 2 is 1.72 bits per heavy atom. The number of rotatable bonds is 9. The van der Waals surface area contributed by atoms with Gasteiger partial charge < -0.3 is 25.0 Å². The maximum absolute atomic E-state index is 12.7. The lowest BCUT2D eigenvalue weighted by atomic mass is 10.1. The van der Waals surface area contributed by atoms with Crippen LogP contribution in [0.15, 0.2) is 23.0 Å². The molecule has 6 nitrogen and oxygen atoms in total. The zero-order valence-electron chi connectivity index (χ0n) is 18.6. The Morgan fingerprint density at radius 3 is 2.38 bits per heavy atom. The monoisotopic (exact) mass is 417 g/mol. The molecule has 0 bridgehead atoms. The third-order valence-electron chi connectivity index (χ3n) is 4.89. The minimum absolute atomic E-state index is 0.0466. The van der Waals surface area contributed by atoms with E-state index in [0.29, 0.717) is 11.7 Å². The molecule has 2 rings (SSSR count). The topological polar surface area (TPSA) is 54.6 Å². The van der Waals surface area contributed by atoms with Crippen LogP contribution in [0.2, 0.25) is 0 Å². The number of thiocarbonyl (C=S) groups is 1. The molecule has 1 aromatic heterocycles. The first-order chi connectivity index (χ1) is 13.7. The van der Waals surface area contributed by atoms with Crippen molar-refractivity contribution in [2.24, 2.45) is 0 Å². The predicted octanol–water partition coefficient (Wildman–Crippen LogP) is 2.33. The van der Waals surface area contributed by atoms with E-state index in [1.54, 1.807) is 0 Å². The lowest BCUT2D eigenvalue weighted by molar-refractivity contribution is 0.321. The van der Waals surface area contributed by atoms with E-state index in [9.17, 15) is 4.79 Å². The highest BCUT2D eigenvalue weighted by Gasteiger charge is 2.14. The Morgan fingerprint density at radius 1 is 1.03 bits per heavy atom. The van der Waals surface area contributed by atoms with Crippen LogP contribution in [0.3, 0.4) is 0 Å². The molecule has 0 radical (unpaired) electrons. The van der Waals surface area contributed by atoms with Crippen LogP contribution in [-0.2, 0) is 6.54 Å². The number of aromatic nitrogens is 1. The van der Waals surface area contributed by atoms with Gasteiger partial charge in [-0.05, 0) is 90.3 Å². The molecular formula is C22H35N5OS. The molecule has 1 heterocycles. The normalized spacial score (nSPS) is 11.4. The first-order valence-corrected chi connectivity index (χ1v) is 10.5. The number of benzene rings is 1. The fraction of sp³-hybridized carbons (Fsp3) is 0.545. The highest BCUT2D eigenvalue weighted by Crippen LogP contribution is 2.18. The van der Waals surface area contributed by atoms with Crippen LogP contribution >= 0.6 is 12.2 Å². The minimum Gasteiger partial charge on any atom is -0.363 e. The smallest absolute Gasteiger partial charge is 0.253 e. The molecule has 2 N–H and O–H groups in total. The molecule has 0 spiro atoms. The fourth-order valence-electron chi connectivity index (χ4n) is 3.33. The van der Waals surface area contributed by atoms with Crippen molar-refractivity contribution in [3.63, 3.8) is 0 Å². The molecule has 0 atom stereocenters. The molecule has 0 aliphatic heterocycles. The molecular weight excluding hydrogens is 382 g/mol. The summed E-state index contributed by atoms with van der Waals surface area (Å²) in [6.45, 7) is 8.05. The van der Waals surface area contributed by atoms with Crippen LogP contribution in [0.4, 0.5) is 0 Å². The number of fused-ring (bicyclic) bond motifs is 1. The highest BCUT2D eigenvalue weighted by atomic mass is 32.1. The summed E-state index contributed by atoms with van der Waals surface area (Å²) in [6.07, 6.45) is 1.02. The van der Waals surface area contributed by atoms with Crippen molar-refractivity contribution in [1.29, 1.82) is 0 Å². The van der Waals surface area contributed by atoms with E-state index in [-0.39, 0.29) is 5.56 Å². The lowest BCUT2D eigenvalue weighted by Gasteiger charge is -2.27. The fourth-order valence-corrected chi connectivity index (χ4v) is 3.59. The van der Waals surface area contributed by atoms with Gasteiger partial charge in [-0.1, -0.05) is 11.6 Å². The Hall–Kier alpha value is -1.96. The zero-order chi connectivity index (χ0) is 21.6. The number of pyridine rings is 1. The van der Waals surface area contributed by atoms with Crippen LogP contribution < -0.4 is 10.9 Å². The zero-order valence-corrected chi connectivity index (χ0v) is 19.4. The summed E-state index contributed by atoms with van der Waals surface area (Å²) in [6, 6.07) is 6.21. The average molecular weight is 418 g/mol. The van der Waals surface area contributed by atoms with Gasteiger partial charge in [0, 0.05) is 25.2 Å². The van der Waals surface area contributed by atoms with E-state index >= 15 is 0 Å². The van der Waals surface area contributed by atoms with Gasteiger partial charge in [-0.15, -0.1) is 0 Å². The minimum atomic E-state index is -0.0466. The molecule has 0 unspecified atom stereocenters. The van der Waals surface area contributed by atoms with Crippen LogP contribution in [0.25, 0.3) is 10.9 Å². The second-order valence-corrected chi connectivity index (χ2v) is 8.67. The summed E-state index contributed by atoms with van der Waals surface area (Å²) in [5.41, 5.74) is 3.88. The summed E-state index contributed by atoms with van der Waals surface area (Å²) >= 11 is 5.66. The molecule has 2 aromatic rings. The number of H-pyrrole nitrogens is 1. The third kappa shape index (κ3) is 7.10. The van der Waals surface area contributed by atoms with Gasteiger partial charge in [0.2, 0.25) is 0 Å². The van der Waals surface area contributed by atoms with Crippen molar-refractivity contribution in [3.8, 4) is 0 Å². The quantitative estimate of drug-likeness (QED) is 0.483. The number of likely N-dealkylation sites (N-methyl/N-ethyl adjacent to an activating group) is 1. The SMILES string of the molecule is Cc1cc(C)c2[nH]c(=O)c(CN(CCN(C)C)C(=S)NCCCN(C)C)cc2c1. The van der Waals surface area contributed by atoms with Crippen LogP contribution in [0.1, 0.15) is 23.1 Å². The summed E-state index contributed by atoms with van der Waals surface area (Å²) in [5.74, 6) is 0. The molecule has 1 aromatic carbocycles. The van der Waals surface area contributed by atoms with Gasteiger partial charge in [0.25, 0.3) is 5.56 Å². The highest BCUT2D eigenvalue weighted by molar-refractivity contribution is 7.80. The molecule has 160 valence electrons. The van der Waals surface area contributed by atoms with Crippen LogP contribution in [-0.4, -0.2) is 79.2 Å². The first-order valence-electron chi connectivity index (χ1n) is 10.1. The van der Waals surface area contributed by atoms with Crippen molar-refractivity contribution in [1.82, 2.24) is 25.0 Å². The second-order valence-electron chi connectivity index (χ2n) is 8.28. The summed E-state index contributed by atoms with van der Waals surface area (Å²) in [4.78, 5) is 22.2. The molecule has 0 aliphatic rings. The van der Waals surface area contributed by atoms with Gasteiger partial charge >= 0.3 is 0 Å². The van der Waals surface area contributed by atoms with Gasteiger partial charge in [0.1, 0.15) is 0 Å². The van der Waals surface area contributed by atoms with Gasteiger partial charge in [-0.3, -0.25) is 4.79 Å². The largest absolute Gasteiger partial charge is 0.363 e. The molecule has 7 heteroatoms. The van der Waals surface area contributed by atoms with E-state index in [2.05, 4.69) is 58.2 Å². The maximum atomic E-state index is 12.7. The van der Waals surface area contributed by atoms with E-state index in [0.717, 1.165) is 54.6 Å². The Labute approximate surface area is 179 Å². The molecule has 0 aliphatic carbocycles. The van der Waals surface area contributed by atoms with Crippen LogP contribution in [0.5, 0.6) is 0 Å². The molecule has 0 amide bonds. The summed E-state index contributed by atoms with van der Waals surface area (Å²) < 4.78 is 0. The van der Waals surface area contributed by atoms with E-state index in [1.165, 1.54) is 5.56 Å². The van der Waals surface area contributed by atoms with Crippen molar-refractivity contribution in [2.75, 3.05) is 54.4 Å². The summed E-state index contributed by atoms with van der Waals surface area (Å²) in [5, 5.41) is 5.12. The number of hydrogen-bond acceptors (Lipinski definition) is 4. The Bertz CT molecular complexity index is 891.